The molecule has 1 saturated heterocycles. The van der Waals surface area contributed by atoms with Gasteiger partial charge in [0, 0.05) is 25.1 Å². The minimum atomic E-state index is -4.80. The van der Waals surface area contributed by atoms with Gasteiger partial charge in [-0.15, -0.1) is 13.2 Å². The number of alkyl halides is 3. The average Bonchev–Trinajstić information content (AvgIpc) is 2.74. The summed E-state index contributed by atoms with van der Waals surface area (Å²) in [6, 6.07) is 8.55. The number of aliphatic hydroxyl groups is 1. The highest BCUT2D eigenvalue weighted by molar-refractivity contribution is 5.94. The molecule has 0 atom stereocenters. The monoisotopic (exact) mass is 454 g/mol. The second kappa shape index (κ2) is 8.50. The van der Waals surface area contributed by atoms with Crippen molar-refractivity contribution in [1.82, 2.24) is 0 Å². The van der Waals surface area contributed by atoms with Crippen molar-refractivity contribution >= 4 is 17.3 Å². The van der Waals surface area contributed by atoms with Crippen LogP contribution >= 0.6 is 0 Å². The van der Waals surface area contributed by atoms with E-state index in [4.69, 9.17) is 4.74 Å². The Balaban J connectivity index is 1.41. The lowest BCUT2D eigenvalue weighted by Crippen LogP contribution is -2.48. The van der Waals surface area contributed by atoms with Crippen LogP contribution < -0.4 is 19.7 Å². The van der Waals surface area contributed by atoms with Gasteiger partial charge in [0.25, 0.3) is 0 Å². The summed E-state index contributed by atoms with van der Waals surface area (Å²) in [6.45, 7) is 0.541. The van der Waals surface area contributed by atoms with E-state index in [1.165, 1.54) is 24.3 Å². The number of nitrogens with zero attached hydrogens (tertiary/aromatic N) is 1. The van der Waals surface area contributed by atoms with Gasteiger partial charge < -0.3 is 24.8 Å². The molecule has 0 radical (unpaired) electrons. The minimum absolute atomic E-state index is 0.0619. The van der Waals surface area contributed by atoms with Gasteiger partial charge in [0.2, 0.25) is 5.91 Å². The zero-order valence-electron chi connectivity index (χ0n) is 17.0. The summed E-state index contributed by atoms with van der Waals surface area (Å²) in [4.78, 5) is 13.3. The lowest BCUT2D eigenvalue weighted by Gasteiger charge is -2.39. The van der Waals surface area contributed by atoms with E-state index in [0.717, 1.165) is 0 Å². The fourth-order valence-corrected chi connectivity index (χ4v) is 4.01. The molecule has 4 rings (SSSR count). The van der Waals surface area contributed by atoms with Crippen LogP contribution in [0.25, 0.3) is 0 Å². The minimum Gasteiger partial charge on any atom is -0.490 e. The van der Waals surface area contributed by atoms with Crippen LogP contribution in [0.5, 0.6) is 11.5 Å². The van der Waals surface area contributed by atoms with Crippen molar-refractivity contribution in [2.24, 2.45) is 0 Å². The molecule has 2 heterocycles. The molecule has 0 aromatic heterocycles. The maximum atomic E-state index is 14.0. The maximum Gasteiger partial charge on any atom is 0.573 e. The molecule has 0 spiro atoms. The van der Waals surface area contributed by atoms with Crippen LogP contribution in [0.3, 0.4) is 0 Å². The predicted octanol–water partition coefficient (Wildman–Crippen LogP) is 4.02. The van der Waals surface area contributed by atoms with Gasteiger partial charge in [0.05, 0.1) is 11.4 Å². The molecule has 2 aromatic carbocycles. The standard InChI is InChI=1S/C22H22F4N2O4/c23-15-6-7-17(14-5-8-19(29)27-20(14)15)31-13-21(30)9-11-28(12-10-21)16-3-1-2-4-18(16)32-22(24,25)26/h1-4,6-7,30H,5,8-13H2,(H,27,29). The van der Waals surface area contributed by atoms with E-state index in [-0.39, 0.29) is 43.2 Å². The second-order valence-corrected chi connectivity index (χ2v) is 7.96. The number of anilines is 2. The number of hydrogen-bond acceptors (Lipinski definition) is 5. The van der Waals surface area contributed by atoms with Crippen LogP contribution in [-0.2, 0) is 11.2 Å². The number of carbonyl (C=O) groups is 1. The molecular formula is C22H22F4N2O4. The summed E-state index contributed by atoms with van der Waals surface area (Å²) in [5.74, 6) is -0.718. The molecule has 1 fully saturated rings. The first kappa shape index (κ1) is 22.2. The van der Waals surface area contributed by atoms with Crippen LogP contribution in [0.4, 0.5) is 28.9 Å². The number of para-hydroxylation sites is 2. The fourth-order valence-electron chi connectivity index (χ4n) is 4.01. The molecule has 0 saturated carbocycles. The Morgan fingerprint density at radius 2 is 1.78 bits per heavy atom. The number of carbonyl (C=O) groups excluding carboxylic acids is 1. The molecule has 2 N–H and O–H groups in total. The molecule has 172 valence electrons. The van der Waals surface area contributed by atoms with Crippen molar-refractivity contribution in [2.45, 2.75) is 37.6 Å². The second-order valence-electron chi connectivity index (χ2n) is 7.96. The molecule has 0 unspecified atom stereocenters. The number of piperidine rings is 1. The fraction of sp³-hybridized carbons (Fsp3) is 0.409. The topological polar surface area (TPSA) is 71.0 Å². The molecule has 2 aliphatic rings. The van der Waals surface area contributed by atoms with Crippen LogP contribution in [0.2, 0.25) is 0 Å². The number of hydrogen-bond donors (Lipinski definition) is 2. The van der Waals surface area contributed by atoms with Crippen molar-refractivity contribution in [3.05, 3.63) is 47.8 Å². The van der Waals surface area contributed by atoms with Gasteiger partial charge >= 0.3 is 6.36 Å². The Bertz CT molecular complexity index is 1000. The summed E-state index contributed by atoms with van der Waals surface area (Å²) in [7, 11) is 0. The lowest BCUT2D eigenvalue weighted by molar-refractivity contribution is -0.274. The summed E-state index contributed by atoms with van der Waals surface area (Å²) in [5, 5.41) is 13.5. The summed E-state index contributed by atoms with van der Waals surface area (Å²) < 4.78 is 62.0. The average molecular weight is 454 g/mol. The van der Waals surface area contributed by atoms with Crippen molar-refractivity contribution in [3.63, 3.8) is 0 Å². The van der Waals surface area contributed by atoms with Crippen LogP contribution in [0.1, 0.15) is 24.8 Å². The zero-order chi connectivity index (χ0) is 22.9. The van der Waals surface area contributed by atoms with E-state index in [1.807, 2.05) is 0 Å². The van der Waals surface area contributed by atoms with E-state index in [1.54, 1.807) is 17.0 Å². The van der Waals surface area contributed by atoms with Gasteiger partial charge in [-0.2, -0.15) is 0 Å². The number of halogens is 4. The van der Waals surface area contributed by atoms with Gasteiger partial charge in [0.15, 0.2) is 5.75 Å². The quantitative estimate of drug-likeness (QED) is 0.668. The number of benzene rings is 2. The predicted molar refractivity (Wildman–Crippen MR) is 108 cm³/mol. The van der Waals surface area contributed by atoms with E-state index in [0.29, 0.717) is 36.5 Å². The third-order valence-electron chi connectivity index (χ3n) is 5.71. The number of ether oxygens (including phenoxy) is 2. The van der Waals surface area contributed by atoms with E-state index in [9.17, 15) is 27.5 Å². The first-order chi connectivity index (χ1) is 15.1. The van der Waals surface area contributed by atoms with Gasteiger partial charge in [0.1, 0.15) is 23.8 Å². The normalized spacial score (nSPS) is 18.0. The largest absolute Gasteiger partial charge is 0.573 e. The molecular weight excluding hydrogens is 432 g/mol. The van der Waals surface area contributed by atoms with E-state index >= 15 is 0 Å². The van der Waals surface area contributed by atoms with Crippen molar-refractivity contribution in [3.8, 4) is 11.5 Å². The molecule has 1 amide bonds. The van der Waals surface area contributed by atoms with Crippen LogP contribution in [0, 0.1) is 5.82 Å². The van der Waals surface area contributed by atoms with Crippen LogP contribution in [-0.4, -0.2) is 42.7 Å². The Morgan fingerprint density at radius 3 is 2.50 bits per heavy atom. The zero-order valence-corrected chi connectivity index (χ0v) is 17.0. The molecule has 10 heteroatoms. The van der Waals surface area contributed by atoms with Gasteiger partial charge in [-0.1, -0.05) is 12.1 Å². The highest BCUT2D eigenvalue weighted by Crippen LogP contribution is 2.37. The lowest BCUT2D eigenvalue weighted by atomic mass is 9.92. The Hall–Kier alpha value is -3.01. The van der Waals surface area contributed by atoms with Gasteiger partial charge in [-0.05, 0) is 43.5 Å². The third kappa shape index (κ3) is 4.90. The highest BCUT2D eigenvalue weighted by Gasteiger charge is 2.36. The molecule has 2 aliphatic heterocycles. The van der Waals surface area contributed by atoms with Crippen molar-refractivity contribution in [2.75, 3.05) is 29.9 Å². The summed E-state index contributed by atoms with van der Waals surface area (Å²) in [5.41, 5.74) is -0.253. The Labute approximate surface area is 181 Å². The van der Waals surface area contributed by atoms with E-state index < -0.39 is 17.8 Å². The SMILES string of the molecule is O=C1CCc2c(OCC3(O)CCN(c4ccccc4OC(F)(F)F)CC3)ccc(F)c2N1. The van der Waals surface area contributed by atoms with Gasteiger partial charge in [-0.25, -0.2) is 4.39 Å². The highest BCUT2D eigenvalue weighted by atomic mass is 19.4. The number of nitrogens with one attached hydrogen (secondary N) is 1. The molecule has 32 heavy (non-hydrogen) atoms. The number of amides is 1. The number of fused-ring (bicyclic) bond motifs is 1. The molecule has 0 aliphatic carbocycles. The first-order valence-corrected chi connectivity index (χ1v) is 10.2. The summed E-state index contributed by atoms with van der Waals surface area (Å²) >= 11 is 0. The van der Waals surface area contributed by atoms with E-state index in [2.05, 4.69) is 10.1 Å². The first-order valence-electron chi connectivity index (χ1n) is 10.2. The molecule has 6 nitrogen and oxygen atoms in total. The summed E-state index contributed by atoms with van der Waals surface area (Å²) in [6.07, 6.45) is -3.74. The molecule has 0 bridgehead atoms. The Kier molecular flexibility index (Phi) is 5.89. The molecule has 2 aromatic rings. The van der Waals surface area contributed by atoms with Crippen molar-refractivity contribution < 1.29 is 36.9 Å². The number of rotatable bonds is 5. The van der Waals surface area contributed by atoms with Gasteiger partial charge in [-0.3, -0.25) is 4.79 Å². The maximum absolute atomic E-state index is 14.0. The third-order valence-corrected chi connectivity index (χ3v) is 5.71. The Morgan fingerprint density at radius 1 is 1.06 bits per heavy atom. The smallest absolute Gasteiger partial charge is 0.490 e. The van der Waals surface area contributed by atoms with Crippen LogP contribution in [0.15, 0.2) is 36.4 Å². The van der Waals surface area contributed by atoms with Crippen molar-refractivity contribution in [1.29, 1.82) is 0 Å².